The van der Waals surface area contributed by atoms with E-state index in [4.69, 9.17) is 4.74 Å². The minimum absolute atomic E-state index is 0.102. The summed E-state index contributed by atoms with van der Waals surface area (Å²) in [7, 11) is 0. The maximum Gasteiger partial charge on any atom is 0.224 e. The lowest BCUT2D eigenvalue weighted by Gasteiger charge is -2.55. The summed E-state index contributed by atoms with van der Waals surface area (Å²) in [5, 5.41) is 3.00. The van der Waals surface area contributed by atoms with E-state index >= 15 is 0 Å². The first-order chi connectivity index (χ1) is 12.7. The number of amides is 1. The summed E-state index contributed by atoms with van der Waals surface area (Å²) in [5.41, 5.74) is 3.70. The molecule has 0 radical (unpaired) electrons. The van der Waals surface area contributed by atoms with Gasteiger partial charge in [-0.15, -0.1) is 0 Å². The van der Waals surface area contributed by atoms with E-state index in [1.807, 2.05) is 30.3 Å². The summed E-state index contributed by atoms with van der Waals surface area (Å²) in [5.74, 6) is 0.102. The molecule has 2 aromatic carbocycles. The fraction of sp³-hybridized carbons (Fsp3) is 0.409. The lowest BCUT2D eigenvalue weighted by Crippen LogP contribution is -2.65. The number of ether oxygens (including phenoxy) is 1. The lowest BCUT2D eigenvalue weighted by molar-refractivity contribution is -0.188. The molecule has 2 heterocycles. The number of benzene rings is 2. The summed E-state index contributed by atoms with van der Waals surface area (Å²) in [6.45, 7) is 5.32. The summed E-state index contributed by atoms with van der Waals surface area (Å²) in [6, 6.07) is 18.3. The van der Waals surface area contributed by atoms with E-state index in [0.717, 1.165) is 43.9 Å². The number of nitrogens with one attached hydrogen (secondary N) is 1. The van der Waals surface area contributed by atoms with Gasteiger partial charge in [0.15, 0.2) is 0 Å². The molecule has 1 amide bonds. The Hall–Kier alpha value is -2.17. The number of carbonyl (C=O) groups excluding carboxylic acids is 1. The molecule has 0 atom stereocenters. The molecule has 1 N–H and O–H groups in total. The molecule has 1 spiro atoms. The number of likely N-dealkylation sites (tertiary alicyclic amines) is 1. The molecule has 4 heteroatoms. The van der Waals surface area contributed by atoms with E-state index in [9.17, 15) is 4.79 Å². The van der Waals surface area contributed by atoms with Crippen LogP contribution in [0, 0.1) is 5.41 Å². The van der Waals surface area contributed by atoms with Crippen LogP contribution in [-0.4, -0.2) is 43.7 Å². The van der Waals surface area contributed by atoms with Crippen LogP contribution in [-0.2, 0) is 9.53 Å². The van der Waals surface area contributed by atoms with Gasteiger partial charge in [0, 0.05) is 30.6 Å². The predicted molar refractivity (Wildman–Crippen MR) is 104 cm³/mol. The largest absolute Gasteiger partial charge is 0.380 e. The fourth-order valence-corrected chi connectivity index (χ4v) is 3.85. The van der Waals surface area contributed by atoms with Gasteiger partial charge in [0.05, 0.1) is 13.2 Å². The highest BCUT2D eigenvalue weighted by atomic mass is 16.5. The molecular weight excluding hydrogens is 324 g/mol. The van der Waals surface area contributed by atoms with Crippen LogP contribution in [0.3, 0.4) is 0 Å². The van der Waals surface area contributed by atoms with Gasteiger partial charge in [-0.05, 0) is 42.6 Å². The maximum atomic E-state index is 12.1. The standard InChI is InChI=1S/C22H26N2O2/c25-21(8-4-5-13-24-14-22(15-24)16-26-17-22)23-20-11-9-19(10-12-20)18-6-2-1-3-7-18/h1-3,6-7,9-12H,4-5,8,13-17H2,(H,23,25). The Morgan fingerprint density at radius 1 is 0.962 bits per heavy atom. The van der Waals surface area contributed by atoms with Crippen molar-refractivity contribution in [3.05, 3.63) is 54.6 Å². The third kappa shape index (κ3) is 3.97. The fourth-order valence-electron chi connectivity index (χ4n) is 3.85. The van der Waals surface area contributed by atoms with Gasteiger partial charge < -0.3 is 15.0 Å². The van der Waals surface area contributed by atoms with Crippen molar-refractivity contribution in [3.63, 3.8) is 0 Å². The Kier molecular flexibility index (Phi) is 5.05. The second kappa shape index (κ2) is 7.60. The van der Waals surface area contributed by atoms with E-state index in [-0.39, 0.29) is 5.91 Å². The van der Waals surface area contributed by atoms with Crippen LogP contribution in [0.15, 0.2) is 54.6 Å². The molecule has 2 aliphatic rings. The zero-order chi connectivity index (χ0) is 17.8. The predicted octanol–water partition coefficient (Wildman–Crippen LogP) is 3.79. The van der Waals surface area contributed by atoms with Crippen molar-refractivity contribution in [2.45, 2.75) is 19.3 Å². The van der Waals surface area contributed by atoms with E-state index in [0.29, 0.717) is 11.8 Å². The first kappa shape index (κ1) is 17.3. The van der Waals surface area contributed by atoms with Crippen LogP contribution in [0.5, 0.6) is 0 Å². The topological polar surface area (TPSA) is 41.6 Å². The third-order valence-electron chi connectivity index (χ3n) is 5.34. The van der Waals surface area contributed by atoms with Gasteiger partial charge in [-0.3, -0.25) is 4.79 Å². The molecule has 4 nitrogen and oxygen atoms in total. The highest BCUT2D eigenvalue weighted by Crippen LogP contribution is 2.37. The van der Waals surface area contributed by atoms with E-state index in [2.05, 4.69) is 34.5 Å². The van der Waals surface area contributed by atoms with Gasteiger partial charge in [0.25, 0.3) is 0 Å². The average molecular weight is 350 g/mol. The van der Waals surface area contributed by atoms with Gasteiger partial charge >= 0.3 is 0 Å². The zero-order valence-electron chi connectivity index (χ0n) is 15.1. The van der Waals surface area contributed by atoms with Gasteiger partial charge in [0.1, 0.15) is 0 Å². The summed E-state index contributed by atoms with van der Waals surface area (Å²) in [4.78, 5) is 14.6. The van der Waals surface area contributed by atoms with Crippen molar-refractivity contribution in [1.29, 1.82) is 0 Å². The van der Waals surface area contributed by atoms with Crippen LogP contribution in [0.2, 0.25) is 0 Å². The summed E-state index contributed by atoms with van der Waals surface area (Å²) >= 11 is 0. The molecule has 26 heavy (non-hydrogen) atoms. The van der Waals surface area contributed by atoms with Gasteiger partial charge in [0.2, 0.25) is 5.91 Å². The van der Waals surface area contributed by atoms with Gasteiger partial charge in [-0.2, -0.15) is 0 Å². The average Bonchev–Trinajstić information content (AvgIpc) is 2.60. The van der Waals surface area contributed by atoms with Crippen LogP contribution in [0.1, 0.15) is 19.3 Å². The number of anilines is 1. The van der Waals surface area contributed by atoms with Crippen LogP contribution in [0.25, 0.3) is 11.1 Å². The highest BCUT2D eigenvalue weighted by molar-refractivity contribution is 5.90. The molecule has 2 saturated heterocycles. The third-order valence-corrected chi connectivity index (χ3v) is 5.34. The van der Waals surface area contributed by atoms with E-state index in [1.54, 1.807) is 0 Å². The quantitative estimate of drug-likeness (QED) is 0.773. The van der Waals surface area contributed by atoms with Gasteiger partial charge in [-0.1, -0.05) is 42.5 Å². The Morgan fingerprint density at radius 2 is 1.65 bits per heavy atom. The molecular formula is C22H26N2O2. The maximum absolute atomic E-state index is 12.1. The lowest BCUT2D eigenvalue weighted by atomic mass is 9.78. The summed E-state index contributed by atoms with van der Waals surface area (Å²) < 4.78 is 5.29. The second-order valence-corrected chi connectivity index (χ2v) is 7.65. The molecule has 2 aromatic rings. The monoisotopic (exact) mass is 350 g/mol. The Morgan fingerprint density at radius 3 is 2.31 bits per heavy atom. The number of hydrogen-bond donors (Lipinski definition) is 1. The number of hydrogen-bond acceptors (Lipinski definition) is 3. The van der Waals surface area contributed by atoms with Crippen molar-refractivity contribution < 1.29 is 9.53 Å². The molecule has 0 aliphatic carbocycles. The zero-order valence-corrected chi connectivity index (χ0v) is 15.1. The Balaban J connectivity index is 1.15. The van der Waals surface area contributed by atoms with Crippen LogP contribution in [0.4, 0.5) is 5.69 Å². The molecule has 0 unspecified atom stereocenters. The number of rotatable bonds is 7. The number of unbranched alkanes of at least 4 members (excludes halogenated alkanes) is 1. The van der Waals surface area contributed by atoms with Gasteiger partial charge in [-0.25, -0.2) is 0 Å². The summed E-state index contributed by atoms with van der Waals surface area (Å²) in [6.07, 6.45) is 2.60. The van der Waals surface area contributed by atoms with Crippen molar-refractivity contribution in [2.24, 2.45) is 5.41 Å². The minimum atomic E-state index is 0.102. The van der Waals surface area contributed by atoms with E-state index < -0.39 is 0 Å². The van der Waals surface area contributed by atoms with Crippen molar-refractivity contribution >= 4 is 11.6 Å². The minimum Gasteiger partial charge on any atom is -0.380 e. The van der Waals surface area contributed by atoms with Crippen molar-refractivity contribution in [1.82, 2.24) is 4.90 Å². The normalized spacial score (nSPS) is 18.2. The first-order valence-electron chi connectivity index (χ1n) is 9.48. The molecule has 2 fully saturated rings. The van der Waals surface area contributed by atoms with Crippen LogP contribution >= 0.6 is 0 Å². The molecule has 4 rings (SSSR count). The van der Waals surface area contributed by atoms with Crippen LogP contribution < -0.4 is 5.32 Å². The molecule has 0 bridgehead atoms. The Labute approximate surface area is 155 Å². The first-order valence-corrected chi connectivity index (χ1v) is 9.48. The second-order valence-electron chi connectivity index (χ2n) is 7.65. The van der Waals surface area contributed by atoms with Crippen molar-refractivity contribution in [2.75, 3.05) is 38.2 Å². The highest BCUT2D eigenvalue weighted by Gasteiger charge is 2.48. The van der Waals surface area contributed by atoms with E-state index in [1.165, 1.54) is 18.7 Å². The molecule has 0 aromatic heterocycles. The number of nitrogens with zero attached hydrogens (tertiary/aromatic N) is 1. The Bertz CT molecular complexity index is 730. The smallest absolute Gasteiger partial charge is 0.224 e. The molecule has 0 saturated carbocycles. The number of carbonyl (C=O) groups is 1. The SMILES string of the molecule is O=C(CCCCN1CC2(COC2)C1)Nc1ccc(-c2ccccc2)cc1. The molecule has 2 aliphatic heterocycles. The molecule has 136 valence electrons. The van der Waals surface area contributed by atoms with Crippen molar-refractivity contribution in [3.8, 4) is 11.1 Å².